The van der Waals surface area contributed by atoms with Crippen LogP contribution in [-0.2, 0) is 9.53 Å². The lowest BCUT2D eigenvalue weighted by Crippen LogP contribution is -2.20. The Morgan fingerprint density at radius 2 is 1.87 bits per heavy atom. The first kappa shape index (κ1) is 16.1. The summed E-state index contributed by atoms with van der Waals surface area (Å²) in [6.45, 7) is -0.563. The fourth-order valence-electron chi connectivity index (χ4n) is 1.69. The van der Waals surface area contributed by atoms with Gasteiger partial charge in [-0.05, 0) is 30.3 Å². The summed E-state index contributed by atoms with van der Waals surface area (Å²) >= 11 is 0. The number of carbonyl (C=O) groups is 2. The molecule has 1 N–H and O–H groups in total. The zero-order valence-electron chi connectivity index (χ0n) is 11.7. The number of ether oxygens (including phenoxy) is 1. The molecule has 2 rings (SSSR count). The summed E-state index contributed by atoms with van der Waals surface area (Å²) in [5.41, 5.74) is 0.205. The van der Waals surface area contributed by atoms with Crippen LogP contribution in [0, 0.1) is 15.9 Å². The Labute approximate surface area is 129 Å². The van der Waals surface area contributed by atoms with Crippen LogP contribution >= 0.6 is 0 Å². The average Bonchev–Trinajstić information content (AvgIpc) is 2.53. The van der Waals surface area contributed by atoms with Gasteiger partial charge >= 0.3 is 5.97 Å². The van der Waals surface area contributed by atoms with Crippen molar-refractivity contribution < 1.29 is 23.6 Å². The van der Waals surface area contributed by atoms with E-state index in [-0.39, 0.29) is 11.3 Å². The van der Waals surface area contributed by atoms with E-state index < -0.39 is 29.2 Å². The van der Waals surface area contributed by atoms with Gasteiger partial charge in [-0.3, -0.25) is 14.9 Å². The summed E-state index contributed by atoms with van der Waals surface area (Å²) in [6.07, 6.45) is 0. The Morgan fingerprint density at radius 1 is 1.17 bits per heavy atom. The number of nitro benzene ring substituents is 1. The van der Waals surface area contributed by atoms with Gasteiger partial charge in [0.15, 0.2) is 6.61 Å². The third-order valence-corrected chi connectivity index (χ3v) is 2.76. The summed E-state index contributed by atoms with van der Waals surface area (Å²) in [4.78, 5) is 33.2. The van der Waals surface area contributed by atoms with E-state index in [1.54, 1.807) is 0 Å². The van der Waals surface area contributed by atoms with E-state index >= 15 is 0 Å². The van der Waals surface area contributed by atoms with E-state index in [0.29, 0.717) is 5.69 Å². The Bertz CT molecular complexity index is 746. The highest BCUT2D eigenvalue weighted by molar-refractivity contribution is 5.95. The molecule has 118 valence electrons. The molecule has 2 aromatic rings. The topological polar surface area (TPSA) is 98.5 Å². The van der Waals surface area contributed by atoms with Crippen LogP contribution < -0.4 is 5.32 Å². The van der Waals surface area contributed by atoms with Crippen LogP contribution in [0.4, 0.5) is 15.8 Å². The summed E-state index contributed by atoms with van der Waals surface area (Å²) in [5, 5.41) is 12.9. The van der Waals surface area contributed by atoms with Crippen LogP contribution in [0.5, 0.6) is 0 Å². The van der Waals surface area contributed by atoms with Crippen LogP contribution in [0.25, 0.3) is 0 Å². The van der Waals surface area contributed by atoms with E-state index in [0.717, 1.165) is 6.07 Å². The van der Waals surface area contributed by atoms with E-state index in [1.807, 2.05) is 0 Å². The number of benzene rings is 2. The molecule has 0 saturated carbocycles. The first-order chi connectivity index (χ1) is 11.0. The molecule has 1 amide bonds. The van der Waals surface area contributed by atoms with Crippen LogP contribution in [0.2, 0.25) is 0 Å². The smallest absolute Gasteiger partial charge is 0.338 e. The molecule has 0 fully saturated rings. The highest BCUT2D eigenvalue weighted by Gasteiger charge is 2.11. The molecule has 0 saturated heterocycles. The number of non-ortho nitro benzene ring substituents is 1. The molecular formula is C15H11FN2O5. The lowest BCUT2D eigenvalue weighted by atomic mass is 10.2. The minimum absolute atomic E-state index is 0.00636. The minimum atomic E-state index is -0.830. The van der Waals surface area contributed by atoms with Crippen molar-refractivity contribution in [3.8, 4) is 0 Å². The van der Waals surface area contributed by atoms with Gasteiger partial charge in [-0.1, -0.05) is 6.07 Å². The molecule has 0 heterocycles. The molecule has 0 spiro atoms. The largest absolute Gasteiger partial charge is 0.452 e. The SMILES string of the molecule is O=C(COC(=O)c1cccc(F)c1)Nc1ccc([N+](=O)[O-])cc1. The number of hydrogen-bond donors (Lipinski definition) is 1. The van der Waals surface area contributed by atoms with Crippen molar-refractivity contribution in [2.24, 2.45) is 0 Å². The lowest BCUT2D eigenvalue weighted by molar-refractivity contribution is -0.384. The number of anilines is 1. The van der Waals surface area contributed by atoms with Gasteiger partial charge in [0.05, 0.1) is 10.5 Å². The molecule has 0 unspecified atom stereocenters. The van der Waals surface area contributed by atoms with Gasteiger partial charge in [0, 0.05) is 17.8 Å². The second-order valence-corrected chi connectivity index (χ2v) is 4.44. The quantitative estimate of drug-likeness (QED) is 0.519. The Morgan fingerprint density at radius 3 is 2.48 bits per heavy atom. The molecule has 0 aliphatic carbocycles. The number of amides is 1. The monoisotopic (exact) mass is 318 g/mol. The van der Waals surface area contributed by atoms with Crippen LogP contribution in [-0.4, -0.2) is 23.4 Å². The molecule has 0 atom stereocenters. The van der Waals surface area contributed by atoms with Crippen molar-refractivity contribution in [1.82, 2.24) is 0 Å². The van der Waals surface area contributed by atoms with E-state index in [9.17, 15) is 24.1 Å². The van der Waals surface area contributed by atoms with Gasteiger partial charge in [0.2, 0.25) is 0 Å². The maximum absolute atomic E-state index is 13.0. The Hall–Kier alpha value is -3.29. The molecule has 7 nitrogen and oxygen atoms in total. The second-order valence-electron chi connectivity index (χ2n) is 4.44. The Kier molecular flexibility index (Phi) is 4.98. The van der Waals surface area contributed by atoms with Gasteiger partial charge in [-0.15, -0.1) is 0 Å². The van der Waals surface area contributed by atoms with Crippen LogP contribution in [0.1, 0.15) is 10.4 Å². The molecule has 23 heavy (non-hydrogen) atoms. The zero-order valence-corrected chi connectivity index (χ0v) is 11.7. The molecule has 2 aromatic carbocycles. The van der Waals surface area contributed by atoms with Gasteiger partial charge in [-0.25, -0.2) is 9.18 Å². The molecule has 0 aromatic heterocycles. The molecule has 0 aliphatic rings. The third-order valence-electron chi connectivity index (χ3n) is 2.76. The number of carbonyl (C=O) groups excluding carboxylic acids is 2. The highest BCUT2D eigenvalue weighted by atomic mass is 19.1. The first-order valence-electron chi connectivity index (χ1n) is 6.43. The van der Waals surface area contributed by atoms with Crippen LogP contribution in [0.3, 0.4) is 0 Å². The van der Waals surface area contributed by atoms with Gasteiger partial charge in [-0.2, -0.15) is 0 Å². The number of nitro groups is 1. The molecular weight excluding hydrogens is 307 g/mol. The standard InChI is InChI=1S/C15H11FN2O5/c16-11-3-1-2-10(8-11)15(20)23-9-14(19)17-12-4-6-13(7-5-12)18(21)22/h1-8H,9H2,(H,17,19). The third kappa shape index (κ3) is 4.60. The van der Waals surface area contributed by atoms with E-state index in [4.69, 9.17) is 4.74 Å². The maximum Gasteiger partial charge on any atom is 0.338 e. The van der Waals surface area contributed by atoms with Crippen molar-refractivity contribution in [1.29, 1.82) is 0 Å². The highest BCUT2D eigenvalue weighted by Crippen LogP contribution is 2.15. The van der Waals surface area contributed by atoms with Crippen molar-refractivity contribution in [3.63, 3.8) is 0 Å². The van der Waals surface area contributed by atoms with Crippen molar-refractivity contribution in [2.45, 2.75) is 0 Å². The van der Waals surface area contributed by atoms with E-state index in [2.05, 4.69) is 5.32 Å². The summed E-state index contributed by atoms with van der Waals surface area (Å²) < 4.78 is 17.7. The molecule has 0 radical (unpaired) electrons. The zero-order chi connectivity index (χ0) is 16.8. The lowest BCUT2D eigenvalue weighted by Gasteiger charge is -2.06. The molecule has 0 aliphatic heterocycles. The van der Waals surface area contributed by atoms with Crippen molar-refractivity contribution in [2.75, 3.05) is 11.9 Å². The van der Waals surface area contributed by atoms with Gasteiger partial charge < -0.3 is 10.1 Å². The second kappa shape index (κ2) is 7.12. The predicted octanol–water partition coefficient (Wildman–Crippen LogP) is 2.53. The number of rotatable bonds is 5. The summed E-state index contributed by atoms with van der Waals surface area (Å²) in [5.74, 6) is -2.04. The number of halogens is 1. The first-order valence-corrected chi connectivity index (χ1v) is 6.43. The number of nitrogens with zero attached hydrogens (tertiary/aromatic N) is 1. The van der Waals surface area contributed by atoms with E-state index in [1.165, 1.54) is 42.5 Å². The fraction of sp³-hybridized carbons (Fsp3) is 0.0667. The minimum Gasteiger partial charge on any atom is -0.452 e. The van der Waals surface area contributed by atoms with Gasteiger partial charge in [0.25, 0.3) is 11.6 Å². The van der Waals surface area contributed by atoms with Gasteiger partial charge in [0.1, 0.15) is 5.82 Å². The summed E-state index contributed by atoms with van der Waals surface area (Å²) in [6, 6.07) is 10.1. The predicted molar refractivity (Wildman–Crippen MR) is 78.4 cm³/mol. The van der Waals surface area contributed by atoms with Crippen LogP contribution in [0.15, 0.2) is 48.5 Å². The number of nitrogens with one attached hydrogen (secondary N) is 1. The number of hydrogen-bond acceptors (Lipinski definition) is 5. The average molecular weight is 318 g/mol. The molecule has 0 bridgehead atoms. The molecule has 8 heteroatoms. The van der Waals surface area contributed by atoms with Crippen molar-refractivity contribution >= 4 is 23.3 Å². The van der Waals surface area contributed by atoms with Crippen molar-refractivity contribution in [3.05, 3.63) is 70.0 Å². The normalized spacial score (nSPS) is 9.96. The fourth-order valence-corrected chi connectivity index (χ4v) is 1.69. The maximum atomic E-state index is 13.0. The summed E-state index contributed by atoms with van der Waals surface area (Å²) in [7, 11) is 0. The Balaban J connectivity index is 1.87. The number of esters is 1.